The Balaban J connectivity index is 2.16. The highest BCUT2D eigenvalue weighted by Gasteiger charge is 2.38. The molecule has 0 unspecified atom stereocenters. The lowest BCUT2D eigenvalue weighted by molar-refractivity contribution is -0.117. The summed E-state index contributed by atoms with van der Waals surface area (Å²) < 4.78 is 0. The molecule has 2 aliphatic rings. The molecule has 2 N–H and O–H groups in total. The maximum absolute atomic E-state index is 12.5. The van der Waals surface area contributed by atoms with Crippen molar-refractivity contribution in [3.05, 3.63) is 22.5 Å². The normalized spacial score (nSPS) is 20.2. The molecule has 0 atom stereocenters. The third-order valence-corrected chi connectivity index (χ3v) is 4.28. The second-order valence-corrected chi connectivity index (χ2v) is 6.85. The lowest BCUT2D eigenvalue weighted by Gasteiger charge is -2.18. The minimum absolute atomic E-state index is 0.00306. The molecule has 0 heterocycles. The van der Waals surface area contributed by atoms with Crippen molar-refractivity contribution in [2.75, 3.05) is 6.54 Å². The summed E-state index contributed by atoms with van der Waals surface area (Å²) in [4.78, 5) is 16.6. The zero-order valence-corrected chi connectivity index (χ0v) is 13.7. The lowest BCUT2D eigenvalue weighted by atomic mass is 10.0. The van der Waals surface area contributed by atoms with Gasteiger partial charge in [-0.3, -0.25) is 4.79 Å². The van der Waals surface area contributed by atoms with Crippen LogP contribution in [0.3, 0.4) is 0 Å². The highest BCUT2D eigenvalue weighted by Crippen LogP contribution is 2.36. The topological polar surface area (TPSA) is 53.5 Å². The SMILES string of the molecule is C=N/C(NC1(C)CC1)=C(\C)C(C(=O)NCC1CC1)=C(C)C. The summed E-state index contributed by atoms with van der Waals surface area (Å²) in [5.41, 5.74) is 2.74. The standard InChI is InChI=1S/C17H27N3O/c1-11(2)14(16(21)19-10-13-6-7-13)12(3)15(18-5)20-17(4)8-9-17/h13,20H,5-10H2,1-4H3,(H,19,21)/b15-12-. The van der Waals surface area contributed by atoms with E-state index in [0.717, 1.165) is 41.9 Å². The zero-order chi connectivity index (χ0) is 15.6. The number of amides is 1. The van der Waals surface area contributed by atoms with E-state index < -0.39 is 0 Å². The molecule has 0 saturated heterocycles. The van der Waals surface area contributed by atoms with Crippen molar-refractivity contribution in [3.63, 3.8) is 0 Å². The molecule has 0 aromatic rings. The number of hydrogen-bond donors (Lipinski definition) is 2. The van der Waals surface area contributed by atoms with Crippen LogP contribution in [0.4, 0.5) is 0 Å². The molecule has 0 radical (unpaired) electrons. The third kappa shape index (κ3) is 4.19. The molecule has 4 nitrogen and oxygen atoms in total. The highest BCUT2D eigenvalue weighted by molar-refractivity contribution is 5.98. The Morgan fingerprint density at radius 2 is 1.90 bits per heavy atom. The highest BCUT2D eigenvalue weighted by atomic mass is 16.1. The Hall–Kier alpha value is -1.58. The van der Waals surface area contributed by atoms with Crippen LogP contribution in [0.2, 0.25) is 0 Å². The van der Waals surface area contributed by atoms with E-state index in [-0.39, 0.29) is 11.4 Å². The van der Waals surface area contributed by atoms with E-state index in [1.54, 1.807) is 0 Å². The van der Waals surface area contributed by atoms with Crippen LogP contribution in [0, 0.1) is 5.92 Å². The summed E-state index contributed by atoms with van der Waals surface area (Å²) in [6, 6.07) is 0. The number of nitrogens with zero attached hydrogens (tertiary/aromatic N) is 1. The molecule has 2 fully saturated rings. The van der Waals surface area contributed by atoms with Crippen LogP contribution in [-0.2, 0) is 4.79 Å². The van der Waals surface area contributed by atoms with Gasteiger partial charge in [-0.2, -0.15) is 0 Å². The number of nitrogens with one attached hydrogen (secondary N) is 2. The van der Waals surface area contributed by atoms with Crippen molar-refractivity contribution in [2.24, 2.45) is 10.9 Å². The van der Waals surface area contributed by atoms with Gasteiger partial charge in [0, 0.05) is 23.2 Å². The van der Waals surface area contributed by atoms with Crippen LogP contribution in [0.5, 0.6) is 0 Å². The van der Waals surface area contributed by atoms with Crippen molar-refractivity contribution >= 4 is 12.6 Å². The van der Waals surface area contributed by atoms with Crippen molar-refractivity contribution < 1.29 is 4.79 Å². The summed E-state index contributed by atoms with van der Waals surface area (Å²) in [5, 5.41) is 6.46. The summed E-state index contributed by atoms with van der Waals surface area (Å²) in [5.74, 6) is 1.41. The van der Waals surface area contributed by atoms with E-state index in [1.807, 2.05) is 20.8 Å². The molecule has 2 rings (SSSR count). The predicted molar refractivity (Wildman–Crippen MR) is 87.1 cm³/mol. The van der Waals surface area contributed by atoms with Crippen LogP contribution in [0.15, 0.2) is 27.5 Å². The van der Waals surface area contributed by atoms with Gasteiger partial charge in [0.2, 0.25) is 0 Å². The first kappa shape index (κ1) is 15.8. The average molecular weight is 289 g/mol. The van der Waals surface area contributed by atoms with E-state index in [2.05, 4.69) is 29.3 Å². The van der Waals surface area contributed by atoms with Crippen LogP contribution < -0.4 is 10.6 Å². The van der Waals surface area contributed by atoms with Gasteiger partial charge in [0.1, 0.15) is 5.82 Å². The predicted octanol–water partition coefficient (Wildman–Crippen LogP) is 2.92. The Morgan fingerprint density at radius 1 is 1.29 bits per heavy atom. The number of allylic oxidation sites excluding steroid dienone is 1. The largest absolute Gasteiger partial charge is 0.365 e. The fourth-order valence-electron chi connectivity index (χ4n) is 2.39. The second kappa shape index (κ2) is 6.04. The molecule has 0 bridgehead atoms. The van der Waals surface area contributed by atoms with E-state index >= 15 is 0 Å². The first-order chi connectivity index (χ1) is 9.86. The molecule has 2 saturated carbocycles. The molecule has 0 spiro atoms. The molecule has 21 heavy (non-hydrogen) atoms. The van der Waals surface area contributed by atoms with Crippen LogP contribution in [0.25, 0.3) is 0 Å². The van der Waals surface area contributed by atoms with Crippen molar-refractivity contribution in [3.8, 4) is 0 Å². The van der Waals surface area contributed by atoms with Gasteiger partial charge in [0.05, 0.1) is 0 Å². The molecular formula is C17H27N3O. The smallest absolute Gasteiger partial charge is 0.251 e. The van der Waals surface area contributed by atoms with Gasteiger partial charge in [0.25, 0.3) is 5.91 Å². The minimum atomic E-state index is 0.00306. The van der Waals surface area contributed by atoms with E-state index in [4.69, 9.17) is 0 Å². The average Bonchev–Trinajstić information content (AvgIpc) is 3.31. The van der Waals surface area contributed by atoms with Gasteiger partial charge in [-0.1, -0.05) is 5.57 Å². The van der Waals surface area contributed by atoms with Crippen LogP contribution in [-0.4, -0.2) is 24.7 Å². The lowest BCUT2D eigenvalue weighted by Crippen LogP contribution is -2.31. The minimum Gasteiger partial charge on any atom is -0.365 e. The quantitative estimate of drug-likeness (QED) is 0.430. The van der Waals surface area contributed by atoms with Crippen LogP contribution in [0.1, 0.15) is 53.4 Å². The molecule has 1 amide bonds. The molecule has 0 aromatic heterocycles. The Labute approximate surface area is 127 Å². The van der Waals surface area contributed by atoms with Crippen molar-refractivity contribution in [1.82, 2.24) is 10.6 Å². The number of aliphatic imine (C=N–C) groups is 1. The van der Waals surface area contributed by atoms with Gasteiger partial charge < -0.3 is 10.6 Å². The molecular weight excluding hydrogens is 262 g/mol. The molecule has 0 aromatic carbocycles. The third-order valence-electron chi connectivity index (χ3n) is 4.28. The second-order valence-electron chi connectivity index (χ2n) is 6.85. The fraction of sp³-hybridized carbons (Fsp3) is 0.647. The van der Waals surface area contributed by atoms with Crippen LogP contribution >= 0.6 is 0 Å². The van der Waals surface area contributed by atoms with Gasteiger partial charge in [0.15, 0.2) is 0 Å². The number of carbonyl (C=O) groups is 1. The molecule has 0 aliphatic heterocycles. The number of carbonyl (C=O) groups excluding carboxylic acids is 1. The Bertz CT molecular complexity index is 504. The number of hydrogen-bond acceptors (Lipinski definition) is 3. The Kier molecular flexibility index (Phi) is 4.55. The maximum Gasteiger partial charge on any atom is 0.251 e. The van der Waals surface area contributed by atoms with E-state index in [1.165, 1.54) is 12.8 Å². The van der Waals surface area contributed by atoms with Gasteiger partial charge in [-0.25, -0.2) is 4.99 Å². The maximum atomic E-state index is 12.5. The fourth-order valence-corrected chi connectivity index (χ4v) is 2.39. The summed E-state index contributed by atoms with van der Waals surface area (Å²) in [6.45, 7) is 12.5. The van der Waals surface area contributed by atoms with Gasteiger partial charge in [-0.05, 0) is 66.0 Å². The Morgan fingerprint density at radius 3 is 2.33 bits per heavy atom. The first-order valence-corrected chi connectivity index (χ1v) is 7.78. The monoisotopic (exact) mass is 289 g/mol. The summed E-state index contributed by atoms with van der Waals surface area (Å²) in [6.07, 6.45) is 4.74. The van der Waals surface area contributed by atoms with Crippen molar-refractivity contribution in [2.45, 2.75) is 58.9 Å². The molecule has 4 heteroatoms. The summed E-state index contributed by atoms with van der Waals surface area (Å²) in [7, 11) is 0. The van der Waals surface area contributed by atoms with Gasteiger partial charge in [-0.15, -0.1) is 0 Å². The molecule has 116 valence electrons. The molecule has 2 aliphatic carbocycles. The van der Waals surface area contributed by atoms with Gasteiger partial charge >= 0.3 is 0 Å². The van der Waals surface area contributed by atoms with E-state index in [0.29, 0.717) is 5.92 Å². The first-order valence-electron chi connectivity index (χ1n) is 7.78. The number of rotatable bonds is 7. The zero-order valence-electron chi connectivity index (χ0n) is 13.7. The van der Waals surface area contributed by atoms with E-state index in [9.17, 15) is 4.79 Å². The van der Waals surface area contributed by atoms with Crippen molar-refractivity contribution in [1.29, 1.82) is 0 Å². The summed E-state index contributed by atoms with van der Waals surface area (Å²) >= 11 is 0.